The molecule has 0 radical (unpaired) electrons. The highest BCUT2D eigenvalue weighted by Crippen LogP contribution is 2.49. The summed E-state index contributed by atoms with van der Waals surface area (Å²) in [7, 11) is 9.72. The smallest absolute Gasteiger partial charge is 0.217 e. The fraction of sp³-hybridized carbons (Fsp3) is 0.333. The first-order valence-electron chi connectivity index (χ1n) is 13.6. The van der Waals surface area contributed by atoms with Crippen molar-refractivity contribution in [1.29, 1.82) is 0 Å². The van der Waals surface area contributed by atoms with Crippen molar-refractivity contribution in [2.75, 3.05) is 49.1 Å². The number of hydrogen-bond donors (Lipinski definition) is 1. The number of aryl methyl sites for hydroxylation is 1. The number of aromatic nitrogens is 2. The summed E-state index contributed by atoms with van der Waals surface area (Å²) in [5.74, 6) is -0.790. The molecule has 2 atom stereocenters. The summed E-state index contributed by atoms with van der Waals surface area (Å²) < 4.78 is 38.3. The van der Waals surface area contributed by atoms with Crippen molar-refractivity contribution in [3.63, 3.8) is 0 Å². The minimum Gasteiger partial charge on any atom is -0.494 e. The number of methoxy groups -OCH3 is 4. The van der Waals surface area contributed by atoms with Crippen LogP contribution in [-0.4, -0.2) is 69.1 Å². The van der Waals surface area contributed by atoms with Crippen LogP contribution in [0.25, 0.3) is 11.1 Å². The first-order chi connectivity index (χ1) is 20.1. The predicted octanol–water partition coefficient (Wildman–Crippen LogP) is 5.60. The standard InChI is InChI=1S/C33H38FN3O5/c1-21-11-13-22(14-12-21)23-17-26(32(42-7)35-20-23)30(25-9-8-10-27(39-4)31(25)34)33(38,15-16-37(2)3)24-18-28(40-5)36-29(19-24)41-6/h8-14,17-20,30,38H,15-16H2,1-7H3/t30-,33-/m1/s1. The number of pyridine rings is 2. The maximum absolute atomic E-state index is 16.3. The van der Waals surface area contributed by atoms with Crippen molar-refractivity contribution >= 4 is 0 Å². The molecule has 0 spiro atoms. The van der Waals surface area contributed by atoms with E-state index in [0.717, 1.165) is 16.7 Å². The molecule has 0 aliphatic rings. The number of halogens is 1. The van der Waals surface area contributed by atoms with E-state index in [9.17, 15) is 5.11 Å². The lowest BCUT2D eigenvalue weighted by molar-refractivity contribution is 0.00229. The second kappa shape index (κ2) is 13.2. The van der Waals surface area contributed by atoms with Gasteiger partial charge in [-0.3, -0.25) is 0 Å². The molecule has 42 heavy (non-hydrogen) atoms. The molecule has 0 aliphatic carbocycles. The van der Waals surface area contributed by atoms with Crippen LogP contribution in [0.15, 0.2) is 66.9 Å². The SMILES string of the molecule is COc1cc([C@](O)(CCN(C)C)[C@@H](c2cc(-c3ccc(C)cc3)cnc2OC)c2cccc(OC)c2F)cc(OC)n1. The molecule has 4 aromatic rings. The van der Waals surface area contributed by atoms with Gasteiger partial charge in [0.15, 0.2) is 11.6 Å². The molecule has 2 aromatic carbocycles. The largest absolute Gasteiger partial charge is 0.494 e. The van der Waals surface area contributed by atoms with E-state index in [2.05, 4.69) is 9.97 Å². The van der Waals surface area contributed by atoms with E-state index in [-0.39, 0.29) is 35.4 Å². The second-order valence-electron chi connectivity index (χ2n) is 10.4. The molecule has 1 N–H and O–H groups in total. The number of rotatable bonds is 12. The molecule has 222 valence electrons. The third-order valence-electron chi connectivity index (χ3n) is 7.41. The van der Waals surface area contributed by atoms with Gasteiger partial charge in [0.25, 0.3) is 0 Å². The van der Waals surface area contributed by atoms with Crippen molar-refractivity contribution in [3.8, 4) is 34.5 Å². The van der Waals surface area contributed by atoms with Crippen molar-refractivity contribution in [1.82, 2.24) is 14.9 Å². The highest BCUT2D eigenvalue weighted by Gasteiger charge is 2.44. The summed E-state index contributed by atoms with van der Waals surface area (Å²) in [4.78, 5) is 10.9. The Kier molecular flexibility index (Phi) is 9.65. The number of ether oxygens (including phenoxy) is 4. The Bertz CT molecular complexity index is 1490. The van der Waals surface area contributed by atoms with Crippen molar-refractivity contribution in [2.24, 2.45) is 0 Å². The van der Waals surface area contributed by atoms with Crippen LogP contribution in [0.5, 0.6) is 23.4 Å². The van der Waals surface area contributed by atoms with Gasteiger partial charge in [-0.25, -0.2) is 9.37 Å². The molecule has 8 nitrogen and oxygen atoms in total. The highest BCUT2D eigenvalue weighted by molar-refractivity contribution is 5.65. The van der Waals surface area contributed by atoms with E-state index in [4.69, 9.17) is 18.9 Å². The zero-order chi connectivity index (χ0) is 30.4. The van der Waals surface area contributed by atoms with Gasteiger partial charge in [0.2, 0.25) is 17.6 Å². The Hall–Kier alpha value is -4.21. The van der Waals surface area contributed by atoms with Gasteiger partial charge in [-0.1, -0.05) is 42.0 Å². The van der Waals surface area contributed by atoms with E-state index in [1.54, 1.807) is 36.5 Å². The molecule has 0 aliphatic heterocycles. The van der Waals surface area contributed by atoms with Crippen LogP contribution in [0.2, 0.25) is 0 Å². The number of benzene rings is 2. The van der Waals surface area contributed by atoms with Gasteiger partial charge in [-0.15, -0.1) is 0 Å². The van der Waals surface area contributed by atoms with E-state index in [0.29, 0.717) is 17.7 Å². The minimum atomic E-state index is -1.72. The topological polar surface area (TPSA) is 86.2 Å². The van der Waals surface area contributed by atoms with Gasteiger partial charge in [-0.05, 0) is 50.7 Å². The van der Waals surface area contributed by atoms with Gasteiger partial charge >= 0.3 is 0 Å². The van der Waals surface area contributed by atoms with Crippen LogP contribution in [0, 0.1) is 12.7 Å². The summed E-state index contributed by atoms with van der Waals surface area (Å²) in [6.07, 6.45) is 1.92. The van der Waals surface area contributed by atoms with Gasteiger partial charge in [0.05, 0.1) is 34.4 Å². The lowest BCUT2D eigenvalue weighted by Gasteiger charge is -2.39. The van der Waals surface area contributed by atoms with E-state index >= 15 is 4.39 Å². The lowest BCUT2D eigenvalue weighted by atomic mass is 9.71. The Morgan fingerprint density at radius 3 is 2.10 bits per heavy atom. The van der Waals surface area contributed by atoms with E-state index in [1.165, 1.54) is 28.4 Å². The summed E-state index contributed by atoms with van der Waals surface area (Å²) in [6.45, 7) is 2.49. The zero-order valence-electron chi connectivity index (χ0n) is 25.1. The average molecular weight is 576 g/mol. The van der Waals surface area contributed by atoms with E-state index < -0.39 is 17.3 Å². The van der Waals surface area contributed by atoms with E-state index in [1.807, 2.05) is 56.3 Å². The predicted molar refractivity (Wildman–Crippen MR) is 160 cm³/mol. The molecule has 0 bridgehead atoms. The Balaban J connectivity index is 2.09. The third kappa shape index (κ3) is 6.32. The number of hydrogen-bond acceptors (Lipinski definition) is 8. The summed E-state index contributed by atoms with van der Waals surface area (Å²) in [6, 6.07) is 18.1. The molecule has 0 amide bonds. The minimum absolute atomic E-state index is 0.0546. The second-order valence-corrected chi connectivity index (χ2v) is 10.4. The zero-order valence-corrected chi connectivity index (χ0v) is 25.1. The highest BCUT2D eigenvalue weighted by atomic mass is 19.1. The molecule has 2 aromatic heterocycles. The molecule has 4 rings (SSSR count). The summed E-state index contributed by atoms with van der Waals surface area (Å²) in [5, 5.41) is 13.0. The van der Waals surface area contributed by atoms with Crippen LogP contribution in [0.3, 0.4) is 0 Å². The Morgan fingerprint density at radius 2 is 1.52 bits per heavy atom. The normalized spacial score (nSPS) is 13.4. The molecule has 0 fully saturated rings. The molecule has 9 heteroatoms. The Labute approximate surface area is 246 Å². The fourth-order valence-corrected chi connectivity index (χ4v) is 5.13. The molecular weight excluding hydrogens is 537 g/mol. The lowest BCUT2D eigenvalue weighted by Crippen LogP contribution is -2.38. The first kappa shape index (κ1) is 30.7. The van der Waals surface area contributed by atoms with Crippen LogP contribution in [0.1, 0.15) is 34.6 Å². The number of aliphatic hydroxyl groups is 1. The van der Waals surface area contributed by atoms with Crippen LogP contribution < -0.4 is 18.9 Å². The Morgan fingerprint density at radius 1 is 0.857 bits per heavy atom. The van der Waals surface area contributed by atoms with Gasteiger partial charge in [0.1, 0.15) is 5.60 Å². The van der Waals surface area contributed by atoms with Crippen LogP contribution in [0.4, 0.5) is 4.39 Å². The molecule has 0 saturated carbocycles. The first-order valence-corrected chi connectivity index (χ1v) is 13.6. The molecule has 0 saturated heterocycles. The monoisotopic (exact) mass is 575 g/mol. The van der Waals surface area contributed by atoms with Gasteiger partial charge < -0.3 is 29.0 Å². The third-order valence-corrected chi connectivity index (χ3v) is 7.41. The maximum atomic E-state index is 16.3. The number of nitrogens with zero attached hydrogens (tertiary/aromatic N) is 3. The van der Waals surface area contributed by atoms with Crippen LogP contribution in [-0.2, 0) is 5.60 Å². The van der Waals surface area contributed by atoms with Crippen molar-refractivity contribution in [2.45, 2.75) is 24.9 Å². The molecular formula is C33H38FN3O5. The molecule has 2 heterocycles. The quantitative estimate of drug-likeness (QED) is 0.234. The summed E-state index contributed by atoms with van der Waals surface area (Å²) in [5.41, 5.74) is 2.26. The van der Waals surface area contributed by atoms with Crippen molar-refractivity contribution in [3.05, 3.63) is 94.9 Å². The van der Waals surface area contributed by atoms with Gasteiger partial charge in [-0.2, -0.15) is 4.98 Å². The van der Waals surface area contributed by atoms with Crippen molar-refractivity contribution < 1.29 is 28.4 Å². The maximum Gasteiger partial charge on any atom is 0.217 e. The van der Waals surface area contributed by atoms with Gasteiger partial charge in [0, 0.05) is 41.6 Å². The average Bonchev–Trinajstić information content (AvgIpc) is 3.01. The summed E-state index contributed by atoms with van der Waals surface area (Å²) >= 11 is 0. The molecule has 0 unspecified atom stereocenters. The van der Waals surface area contributed by atoms with Crippen LogP contribution >= 0.6 is 0 Å². The fourth-order valence-electron chi connectivity index (χ4n) is 5.13.